The van der Waals surface area contributed by atoms with Crippen molar-refractivity contribution in [3.63, 3.8) is 0 Å². The Morgan fingerprint density at radius 3 is 2.41 bits per heavy atom. The summed E-state index contributed by atoms with van der Waals surface area (Å²) in [5.41, 5.74) is 9.19. The number of rotatable bonds is 6. The topological polar surface area (TPSA) is 69.4 Å². The molecule has 1 fully saturated rings. The molecule has 0 spiro atoms. The lowest BCUT2D eigenvalue weighted by Gasteiger charge is -2.41. The van der Waals surface area contributed by atoms with Crippen LogP contribution in [-0.2, 0) is 12.3 Å². The summed E-state index contributed by atoms with van der Waals surface area (Å²) in [4.78, 5) is 11.7. The zero-order valence-electron chi connectivity index (χ0n) is 21.3. The number of nitrogens with one attached hydrogen (secondary N) is 1. The molecule has 0 radical (unpaired) electrons. The van der Waals surface area contributed by atoms with Crippen LogP contribution in [0.2, 0.25) is 0 Å². The summed E-state index contributed by atoms with van der Waals surface area (Å²) >= 11 is 3.58. The molecule has 5 rings (SSSR count). The normalized spacial score (nSPS) is 19.6. The van der Waals surface area contributed by atoms with Crippen LogP contribution in [-0.4, -0.2) is 56.0 Å². The third kappa shape index (κ3) is 5.92. The van der Waals surface area contributed by atoms with Crippen LogP contribution in [0.4, 0.5) is 5.69 Å². The van der Waals surface area contributed by atoms with Crippen molar-refractivity contribution in [3.8, 4) is 5.75 Å². The molecular weight excluding hydrogens is 528 g/mol. The second kappa shape index (κ2) is 10.9. The first kappa shape index (κ1) is 25.2. The fourth-order valence-electron chi connectivity index (χ4n) is 4.56. The Morgan fingerprint density at radius 1 is 0.946 bits per heavy atom. The Bertz CT molecular complexity index is 1290. The molecule has 2 aliphatic heterocycles. The van der Waals surface area contributed by atoms with E-state index in [0.29, 0.717) is 6.61 Å². The molecule has 7 nitrogen and oxygen atoms in total. The van der Waals surface area contributed by atoms with Crippen molar-refractivity contribution in [2.75, 3.05) is 45.2 Å². The number of benzene rings is 3. The van der Waals surface area contributed by atoms with E-state index < -0.39 is 5.66 Å². The Hall–Kier alpha value is -3.49. The molecule has 0 saturated carbocycles. The van der Waals surface area contributed by atoms with Crippen LogP contribution in [0.25, 0.3) is 0 Å². The summed E-state index contributed by atoms with van der Waals surface area (Å²) in [6.45, 7) is 3.99. The molecule has 0 amide bonds. The minimum Gasteiger partial charge on any atom is -0.489 e. The van der Waals surface area contributed by atoms with Crippen molar-refractivity contribution >= 4 is 27.6 Å². The van der Waals surface area contributed by atoms with Crippen LogP contribution >= 0.6 is 15.9 Å². The van der Waals surface area contributed by atoms with Crippen LogP contribution < -0.4 is 20.7 Å². The molecule has 192 valence electrons. The van der Waals surface area contributed by atoms with E-state index in [4.69, 9.17) is 15.5 Å². The standard InChI is InChI=1S/C29H33BrN6O/c1-34(2)27-20-29(31,23-10-6-13-26(18-23)37-21-22-8-4-3-5-9-22)33-28(32-27)36-16-14-35(15-17-36)25-12-7-11-24(30)19-25/h3-13,18-20H,14-17,21,31H2,1-2H3,(H,32,33). The van der Waals surface area contributed by atoms with Gasteiger partial charge in [0.05, 0.1) is 0 Å². The number of hydrogen-bond donors (Lipinski definition) is 2. The van der Waals surface area contributed by atoms with Crippen LogP contribution in [0.1, 0.15) is 11.1 Å². The molecule has 3 aromatic rings. The first-order chi connectivity index (χ1) is 17.9. The minimum atomic E-state index is -1.02. The predicted molar refractivity (Wildman–Crippen MR) is 153 cm³/mol. The molecule has 1 unspecified atom stereocenters. The van der Waals surface area contributed by atoms with Gasteiger partial charge in [0.15, 0.2) is 5.66 Å². The number of ether oxygens (including phenoxy) is 1. The van der Waals surface area contributed by atoms with Crippen molar-refractivity contribution in [2.24, 2.45) is 10.7 Å². The summed E-state index contributed by atoms with van der Waals surface area (Å²) < 4.78 is 7.17. The minimum absolute atomic E-state index is 0.499. The first-order valence-electron chi connectivity index (χ1n) is 12.5. The van der Waals surface area contributed by atoms with Gasteiger partial charge in [-0.15, -0.1) is 0 Å². The van der Waals surface area contributed by atoms with Gasteiger partial charge in [0.25, 0.3) is 0 Å². The molecule has 3 aromatic carbocycles. The van der Waals surface area contributed by atoms with Gasteiger partial charge in [-0.05, 0) is 35.9 Å². The second-order valence-corrected chi connectivity index (χ2v) is 10.5. The van der Waals surface area contributed by atoms with Crippen LogP contribution in [0.5, 0.6) is 5.75 Å². The lowest BCUT2D eigenvalue weighted by atomic mass is 9.99. The molecule has 8 heteroatoms. The van der Waals surface area contributed by atoms with Crippen molar-refractivity contribution in [2.45, 2.75) is 12.3 Å². The Labute approximate surface area is 227 Å². The maximum Gasteiger partial charge on any atom is 0.202 e. The first-order valence-corrected chi connectivity index (χ1v) is 13.3. The Kier molecular flexibility index (Phi) is 7.39. The van der Waals surface area contributed by atoms with E-state index in [9.17, 15) is 0 Å². The van der Waals surface area contributed by atoms with Gasteiger partial charge in [0, 0.05) is 62.1 Å². The molecule has 1 saturated heterocycles. The molecule has 0 aromatic heterocycles. The van der Waals surface area contributed by atoms with Gasteiger partial charge < -0.3 is 24.8 Å². The average Bonchev–Trinajstić information content (AvgIpc) is 2.92. The lowest BCUT2D eigenvalue weighted by molar-refractivity contribution is 0.305. The second-order valence-electron chi connectivity index (χ2n) is 9.57. The van der Waals surface area contributed by atoms with E-state index in [-0.39, 0.29) is 0 Å². The zero-order valence-corrected chi connectivity index (χ0v) is 22.9. The number of aliphatic imine (C=N–C) groups is 1. The van der Waals surface area contributed by atoms with E-state index in [2.05, 4.69) is 67.4 Å². The number of anilines is 1. The molecule has 3 N–H and O–H groups in total. The highest BCUT2D eigenvalue weighted by molar-refractivity contribution is 9.10. The van der Waals surface area contributed by atoms with Crippen LogP contribution in [0, 0.1) is 0 Å². The summed E-state index contributed by atoms with van der Waals surface area (Å²) in [6.07, 6.45) is 1.98. The summed E-state index contributed by atoms with van der Waals surface area (Å²) in [6, 6.07) is 26.5. The van der Waals surface area contributed by atoms with Gasteiger partial charge in [-0.25, -0.2) is 4.99 Å². The number of hydrogen-bond acceptors (Lipinski definition) is 7. The van der Waals surface area contributed by atoms with E-state index in [1.807, 2.05) is 67.5 Å². The van der Waals surface area contributed by atoms with Gasteiger partial charge in [-0.3, -0.25) is 5.73 Å². The van der Waals surface area contributed by atoms with Gasteiger partial charge in [-0.1, -0.05) is 64.5 Å². The maximum absolute atomic E-state index is 6.99. The van der Waals surface area contributed by atoms with E-state index >= 15 is 0 Å². The Balaban J connectivity index is 1.35. The SMILES string of the molecule is CN(C)C1=CC(N)(c2cccc(OCc3ccccc3)c2)N=C(N2CCN(c3cccc(Br)c3)CC2)N1. The summed E-state index contributed by atoms with van der Waals surface area (Å²) in [5, 5.41) is 3.50. The molecular formula is C29H33BrN6O. The molecule has 37 heavy (non-hydrogen) atoms. The largest absolute Gasteiger partial charge is 0.489 e. The molecule has 1 atom stereocenters. The third-order valence-corrected chi connectivity index (χ3v) is 7.16. The van der Waals surface area contributed by atoms with Gasteiger partial charge in [0.2, 0.25) is 5.96 Å². The number of nitrogens with zero attached hydrogens (tertiary/aromatic N) is 4. The van der Waals surface area contributed by atoms with Crippen molar-refractivity contribution < 1.29 is 4.74 Å². The zero-order chi connectivity index (χ0) is 25.8. The van der Waals surface area contributed by atoms with Gasteiger partial charge in [-0.2, -0.15) is 0 Å². The molecule has 2 aliphatic rings. The predicted octanol–water partition coefficient (Wildman–Crippen LogP) is 4.32. The highest BCUT2D eigenvalue weighted by Crippen LogP contribution is 2.30. The fourth-order valence-corrected chi connectivity index (χ4v) is 4.95. The lowest BCUT2D eigenvalue weighted by Crippen LogP contribution is -2.56. The highest BCUT2D eigenvalue weighted by Gasteiger charge is 2.33. The number of guanidine groups is 1. The summed E-state index contributed by atoms with van der Waals surface area (Å²) in [5.74, 6) is 2.47. The van der Waals surface area contributed by atoms with E-state index in [1.54, 1.807) is 0 Å². The monoisotopic (exact) mass is 560 g/mol. The van der Waals surface area contributed by atoms with E-state index in [0.717, 1.165) is 59.3 Å². The van der Waals surface area contributed by atoms with Crippen molar-refractivity contribution in [3.05, 3.63) is 106 Å². The third-order valence-electron chi connectivity index (χ3n) is 6.67. The average molecular weight is 562 g/mol. The Morgan fingerprint density at radius 2 is 1.68 bits per heavy atom. The summed E-state index contributed by atoms with van der Waals surface area (Å²) in [7, 11) is 4.01. The molecule has 0 aliphatic carbocycles. The number of piperazine rings is 1. The van der Waals surface area contributed by atoms with Gasteiger partial charge >= 0.3 is 0 Å². The van der Waals surface area contributed by atoms with Crippen molar-refractivity contribution in [1.82, 2.24) is 15.1 Å². The molecule has 0 bridgehead atoms. The highest BCUT2D eigenvalue weighted by atomic mass is 79.9. The fraction of sp³-hybridized carbons (Fsp3) is 0.276. The van der Waals surface area contributed by atoms with Gasteiger partial charge in [0.1, 0.15) is 18.2 Å². The van der Waals surface area contributed by atoms with Crippen LogP contribution in [0.3, 0.4) is 0 Å². The smallest absolute Gasteiger partial charge is 0.202 e. The van der Waals surface area contributed by atoms with E-state index in [1.165, 1.54) is 5.69 Å². The maximum atomic E-state index is 6.99. The molecule has 2 heterocycles. The van der Waals surface area contributed by atoms with Crippen molar-refractivity contribution in [1.29, 1.82) is 0 Å². The van der Waals surface area contributed by atoms with Crippen LogP contribution in [0.15, 0.2) is 100 Å². The quantitative estimate of drug-likeness (QED) is 0.467. The number of halogens is 1. The number of nitrogens with two attached hydrogens (primary N) is 1.